The summed E-state index contributed by atoms with van der Waals surface area (Å²) in [5.41, 5.74) is 2.67. The van der Waals surface area contributed by atoms with Crippen LogP contribution < -0.4 is 16.6 Å². The number of rotatable bonds is 5. The van der Waals surface area contributed by atoms with E-state index in [1.807, 2.05) is 0 Å². The van der Waals surface area contributed by atoms with Gasteiger partial charge >= 0.3 is 0 Å². The number of carbonyl (C=O) groups excluding carboxylic acids is 1. The van der Waals surface area contributed by atoms with Crippen molar-refractivity contribution in [2.45, 2.75) is 39.0 Å². The first kappa shape index (κ1) is 14.7. The highest BCUT2D eigenvalue weighted by Crippen LogP contribution is 2.29. The Bertz CT molecular complexity index is 443. The van der Waals surface area contributed by atoms with Gasteiger partial charge < -0.3 is 10.7 Å². The van der Waals surface area contributed by atoms with Crippen LogP contribution in [-0.2, 0) is 0 Å². The Morgan fingerprint density at radius 3 is 2.80 bits per heavy atom. The van der Waals surface area contributed by atoms with Crippen molar-refractivity contribution in [3.63, 3.8) is 0 Å². The van der Waals surface area contributed by atoms with Gasteiger partial charge in [-0.15, -0.1) is 0 Å². The van der Waals surface area contributed by atoms with Crippen LogP contribution in [0.25, 0.3) is 0 Å². The van der Waals surface area contributed by atoms with Gasteiger partial charge in [-0.1, -0.05) is 32.6 Å². The molecular formula is C14H23N5O. The van der Waals surface area contributed by atoms with Crippen molar-refractivity contribution in [2.75, 3.05) is 12.0 Å². The molecule has 0 aromatic carbocycles. The third-order valence-electron chi connectivity index (χ3n) is 3.99. The smallest absolute Gasteiger partial charge is 0.271 e. The molecule has 0 saturated heterocycles. The van der Waals surface area contributed by atoms with Gasteiger partial charge in [0.15, 0.2) is 5.82 Å². The summed E-state index contributed by atoms with van der Waals surface area (Å²) in [6, 6.07) is 0. The Balaban J connectivity index is 1.74. The Kier molecular flexibility index (Phi) is 5.29. The van der Waals surface area contributed by atoms with Gasteiger partial charge in [0.2, 0.25) is 0 Å². The second-order valence-corrected chi connectivity index (χ2v) is 5.60. The van der Waals surface area contributed by atoms with E-state index in [-0.39, 0.29) is 11.6 Å². The molecule has 1 fully saturated rings. The highest BCUT2D eigenvalue weighted by Gasteiger charge is 2.18. The number of nitrogen functional groups attached to an aromatic ring is 1. The molecule has 1 aromatic heterocycles. The molecule has 0 bridgehead atoms. The van der Waals surface area contributed by atoms with E-state index >= 15 is 0 Å². The topological polar surface area (TPSA) is 92.9 Å². The minimum absolute atomic E-state index is 0.196. The van der Waals surface area contributed by atoms with E-state index in [1.165, 1.54) is 38.1 Å². The molecule has 0 aliphatic heterocycles. The van der Waals surface area contributed by atoms with E-state index in [4.69, 9.17) is 5.84 Å². The van der Waals surface area contributed by atoms with Crippen LogP contribution in [0, 0.1) is 11.8 Å². The largest absolute Gasteiger partial charge is 0.351 e. The number of nitrogens with two attached hydrogens (primary N) is 1. The second-order valence-electron chi connectivity index (χ2n) is 5.60. The van der Waals surface area contributed by atoms with Crippen LogP contribution in [0.2, 0.25) is 0 Å². The lowest BCUT2D eigenvalue weighted by Gasteiger charge is -2.26. The van der Waals surface area contributed by atoms with Crippen LogP contribution >= 0.6 is 0 Å². The Labute approximate surface area is 119 Å². The normalized spacial score (nSPS) is 22.3. The van der Waals surface area contributed by atoms with Crippen LogP contribution in [0.5, 0.6) is 0 Å². The third kappa shape index (κ3) is 4.16. The van der Waals surface area contributed by atoms with Crippen molar-refractivity contribution in [1.29, 1.82) is 0 Å². The first-order valence-corrected chi connectivity index (χ1v) is 7.26. The van der Waals surface area contributed by atoms with E-state index in [9.17, 15) is 4.79 Å². The molecule has 1 aromatic rings. The number of hydrogen-bond acceptors (Lipinski definition) is 5. The lowest BCUT2D eigenvalue weighted by Crippen LogP contribution is -2.28. The standard InChI is InChI=1S/C14H23N5O/c1-10-2-4-11(5-3-10)6-7-17-14(20)12-8-16-9-13(18-12)19-15/h8-11H,2-7,15H2,1H3,(H,17,20)(H,18,19). The summed E-state index contributed by atoms with van der Waals surface area (Å²) >= 11 is 0. The Morgan fingerprint density at radius 2 is 2.10 bits per heavy atom. The maximum absolute atomic E-state index is 11.9. The first-order valence-electron chi connectivity index (χ1n) is 7.26. The van der Waals surface area contributed by atoms with Crippen LogP contribution in [0.4, 0.5) is 5.82 Å². The average Bonchev–Trinajstić information content (AvgIpc) is 2.49. The van der Waals surface area contributed by atoms with Crippen molar-refractivity contribution < 1.29 is 4.79 Å². The lowest BCUT2D eigenvalue weighted by molar-refractivity contribution is 0.0944. The van der Waals surface area contributed by atoms with Gasteiger partial charge in [-0.2, -0.15) is 0 Å². The van der Waals surface area contributed by atoms with Gasteiger partial charge in [-0.25, -0.2) is 10.8 Å². The average molecular weight is 277 g/mol. The van der Waals surface area contributed by atoms with Gasteiger partial charge in [-0.05, 0) is 18.3 Å². The molecule has 1 heterocycles. The minimum Gasteiger partial charge on any atom is -0.351 e. The van der Waals surface area contributed by atoms with Crippen molar-refractivity contribution in [1.82, 2.24) is 15.3 Å². The van der Waals surface area contributed by atoms with E-state index in [0.29, 0.717) is 12.4 Å². The number of hydrogen-bond donors (Lipinski definition) is 3. The zero-order chi connectivity index (χ0) is 14.4. The quantitative estimate of drug-likeness (QED) is 0.563. The number of aromatic nitrogens is 2. The summed E-state index contributed by atoms with van der Waals surface area (Å²) in [7, 11) is 0. The summed E-state index contributed by atoms with van der Waals surface area (Å²) < 4.78 is 0. The zero-order valence-corrected chi connectivity index (χ0v) is 11.9. The maximum atomic E-state index is 11.9. The van der Waals surface area contributed by atoms with Gasteiger partial charge in [0, 0.05) is 6.54 Å². The summed E-state index contributed by atoms with van der Waals surface area (Å²) in [6.07, 6.45) is 9.15. The van der Waals surface area contributed by atoms with Crippen molar-refractivity contribution in [2.24, 2.45) is 17.7 Å². The molecule has 4 N–H and O–H groups in total. The summed E-state index contributed by atoms with van der Waals surface area (Å²) in [4.78, 5) is 19.9. The highest BCUT2D eigenvalue weighted by molar-refractivity contribution is 5.92. The summed E-state index contributed by atoms with van der Waals surface area (Å²) in [6.45, 7) is 3.01. The molecule has 1 aliphatic carbocycles. The van der Waals surface area contributed by atoms with Crippen molar-refractivity contribution >= 4 is 11.7 Å². The molecule has 0 unspecified atom stereocenters. The number of amides is 1. The fraction of sp³-hybridized carbons (Fsp3) is 0.643. The van der Waals surface area contributed by atoms with E-state index < -0.39 is 0 Å². The summed E-state index contributed by atoms with van der Waals surface area (Å²) in [5.74, 6) is 7.04. The minimum atomic E-state index is -0.196. The SMILES string of the molecule is CC1CCC(CCNC(=O)c2cncc(NN)n2)CC1. The van der Waals surface area contributed by atoms with E-state index in [0.717, 1.165) is 18.3 Å². The van der Waals surface area contributed by atoms with Crippen LogP contribution in [0.1, 0.15) is 49.5 Å². The fourth-order valence-electron chi connectivity index (χ4n) is 2.64. The monoisotopic (exact) mass is 277 g/mol. The predicted octanol–water partition coefficient (Wildman–Crippen LogP) is 1.71. The number of nitrogens with zero attached hydrogens (tertiary/aromatic N) is 2. The Hall–Kier alpha value is -1.69. The number of nitrogens with one attached hydrogen (secondary N) is 2. The Morgan fingerprint density at radius 1 is 1.35 bits per heavy atom. The van der Waals surface area contributed by atoms with Crippen LogP contribution in [-0.4, -0.2) is 22.4 Å². The second kappa shape index (κ2) is 7.19. The first-order chi connectivity index (χ1) is 9.69. The van der Waals surface area contributed by atoms with E-state index in [1.54, 1.807) is 0 Å². The molecule has 2 rings (SSSR count). The summed E-state index contributed by atoms with van der Waals surface area (Å²) in [5, 5.41) is 2.90. The van der Waals surface area contributed by atoms with E-state index in [2.05, 4.69) is 27.6 Å². The molecule has 0 radical (unpaired) electrons. The molecule has 6 heteroatoms. The molecule has 0 atom stereocenters. The molecule has 1 amide bonds. The number of anilines is 1. The van der Waals surface area contributed by atoms with Crippen LogP contribution in [0.3, 0.4) is 0 Å². The third-order valence-corrected chi connectivity index (χ3v) is 3.99. The van der Waals surface area contributed by atoms with Gasteiger partial charge in [0.25, 0.3) is 5.91 Å². The lowest BCUT2D eigenvalue weighted by atomic mass is 9.81. The zero-order valence-electron chi connectivity index (χ0n) is 11.9. The van der Waals surface area contributed by atoms with Gasteiger partial charge in [0.1, 0.15) is 5.69 Å². The van der Waals surface area contributed by atoms with Gasteiger partial charge in [-0.3, -0.25) is 9.78 Å². The predicted molar refractivity (Wildman–Crippen MR) is 77.9 cm³/mol. The molecule has 1 saturated carbocycles. The number of carbonyl (C=O) groups is 1. The maximum Gasteiger partial charge on any atom is 0.271 e. The molecular weight excluding hydrogens is 254 g/mol. The van der Waals surface area contributed by atoms with Crippen molar-refractivity contribution in [3.8, 4) is 0 Å². The molecule has 6 nitrogen and oxygen atoms in total. The molecule has 1 aliphatic rings. The molecule has 20 heavy (non-hydrogen) atoms. The van der Waals surface area contributed by atoms with Crippen molar-refractivity contribution in [3.05, 3.63) is 18.1 Å². The van der Waals surface area contributed by atoms with Crippen LogP contribution in [0.15, 0.2) is 12.4 Å². The number of hydrazine groups is 1. The molecule has 110 valence electrons. The highest BCUT2D eigenvalue weighted by atomic mass is 16.1. The van der Waals surface area contributed by atoms with Gasteiger partial charge in [0.05, 0.1) is 12.4 Å². The molecule has 0 spiro atoms. The fourth-order valence-corrected chi connectivity index (χ4v) is 2.64.